The summed E-state index contributed by atoms with van der Waals surface area (Å²) in [6, 6.07) is 3.88. The van der Waals surface area contributed by atoms with Gasteiger partial charge in [-0.1, -0.05) is 12.1 Å². The van der Waals surface area contributed by atoms with Gasteiger partial charge in [0.1, 0.15) is 6.04 Å². The number of hydrogen-bond donors (Lipinski definition) is 1. The highest BCUT2D eigenvalue weighted by Crippen LogP contribution is 2.26. The number of amides is 2. The van der Waals surface area contributed by atoms with E-state index in [1.54, 1.807) is 0 Å². The second-order valence-electron chi connectivity index (χ2n) is 4.01. The number of rotatable bonds is 4. The average Bonchev–Trinajstić information content (AvgIpc) is 2.60. The second-order valence-corrected chi connectivity index (χ2v) is 4.01. The van der Waals surface area contributed by atoms with Crippen molar-refractivity contribution in [1.82, 2.24) is 4.90 Å². The predicted octanol–water partition coefficient (Wildman–Crippen LogP) is 1.39. The Morgan fingerprint density at radius 2 is 1.63 bits per heavy atom. The van der Waals surface area contributed by atoms with Crippen LogP contribution < -0.4 is 0 Å². The van der Waals surface area contributed by atoms with Crippen molar-refractivity contribution in [2.75, 3.05) is 0 Å². The van der Waals surface area contributed by atoms with Gasteiger partial charge in [-0.25, -0.2) is 13.6 Å². The molecule has 2 amide bonds. The van der Waals surface area contributed by atoms with Crippen LogP contribution in [0.25, 0.3) is 0 Å². The number of nitrogens with zero attached hydrogens (tertiary/aromatic N) is 1. The topological polar surface area (TPSA) is 74.7 Å². The number of carboxylic acids is 1. The Balaban J connectivity index is 2.39. The number of benzene rings is 1. The lowest BCUT2D eigenvalue weighted by Gasteiger charge is -2.21. The van der Waals surface area contributed by atoms with Gasteiger partial charge in [0.15, 0.2) is 0 Å². The number of halogens is 2. The molecule has 0 spiro atoms. The molecule has 0 fully saturated rings. The third-order valence-corrected chi connectivity index (χ3v) is 2.82. The molecule has 1 N–H and O–H groups in total. The van der Waals surface area contributed by atoms with Crippen molar-refractivity contribution >= 4 is 17.8 Å². The van der Waals surface area contributed by atoms with E-state index in [2.05, 4.69) is 0 Å². The molecule has 1 aliphatic heterocycles. The van der Waals surface area contributed by atoms with Crippen LogP contribution in [0.5, 0.6) is 0 Å². The molecule has 0 aliphatic carbocycles. The maximum absolute atomic E-state index is 12.4. The third-order valence-electron chi connectivity index (χ3n) is 2.82. The molecule has 7 heteroatoms. The largest absolute Gasteiger partial charge is 0.480 e. The second kappa shape index (κ2) is 4.75. The lowest BCUT2D eigenvalue weighted by atomic mass is 10.1. The number of fused-ring (bicyclic) bond motifs is 1. The van der Waals surface area contributed by atoms with Gasteiger partial charge < -0.3 is 5.11 Å². The van der Waals surface area contributed by atoms with Crippen molar-refractivity contribution in [3.63, 3.8) is 0 Å². The third kappa shape index (κ3) is 2.18. The predicted molar refractivity (Wildman–Crippen MR) is 59.0 cm³/mol. The molecular weight excluding hydrogens is 260 g/mol. The maximum atomic E-state index is 12.4. The first-order valence-corrected chi connectivity index (χ1v) is 5.41. The van der Waals surface area contributed by atoms with E-state index in [9.17, 15) is 23.2 Å². The fourth-order valence-electron chi connectivity index (χ4n) is 1.98. The van der Waals surface area contributed by atoms with E-state index in [-0.39, 0.29) is 11.1 Å². The molecule has 0 aromatic heterocycles. The summed E-state index contributed by atoms with van der Waals surface area (Å²) in [5.74, 6) is -3.34. The van der Waals surface area contributed by atoms with Crippen molar-refractivity contribution in [2.45, 2.75) is 18.9 Å². The van der Waals surface area contributed by atoms with E-state index in [4.69, 9.17) is 5.11 Å². The highest BCUT2D eigenvalue weighted by atomic mass is 19.3. The summed E-state index contributed by atoms with van der Waals surface area (Å²) in [5, 5.41) is 8.92. The van der Waals surface area contributed by atoms with Gasteiger partial charge in [0.25, 0.3) is 11.8 Å². The van der Waals surface area contributed by atoms with E-state index in [1.165, 1.54) is 24.3 Å². The zero-order valence-corrected chi connectivity index (χ0v) is 9.55. The Labute approximate surface area is 106 Å². The fourth-order valence-corrected chi connectivity index (χ4v) is 1.98. The Hall–Kier alpha value is -2.31. The first-order chi connectivity index (χ1) is 8.93. The Morgan fingerprint density at radius 3 is 2.00 bits per heavy atom. The van der Waals surface area contributed by atoms with Crippen LogP contribution in [0.2, 0.25) is 0 Å². The van der Waals surface area contributed by atoms with Crippen LogP contribution in [0.4, 0.5) is 8.78 Å². The van der Waals surface area contributed by atoms with Gasteiger partial charge in [-0.2, -0.15) is 0 Å². The zero-order valence-electron chi connectivity index (χ0n) is 9.55. The van der Waals surface area contributed by atoms with Gasteiger partial charge >= 0.3 is 5.97 Å². The summed E-state index contributed by atoms with van der Waals surface area (Å²) in [4.78, 5) is 35.2. The summed E-state index contributed by atoms with van der Waals surface area (Å²) >= 11 is 0. The van der Waals surface area contributed by atoms with E-state index >= 15 is 0 Å². The minimum absolute atomic E-state index is 0.0352. The van der Waals surface area contributed by atoms with Crippen LogP contribution in [0.1, 0.15) is 27.1 Å². The first-order valence-electron chi connectivity index (χ1n) is 5.41. The zero-order chi connectivity index (χ0) is 14.2. The molecular formula is C12H9F2NO4. The van der Waals surface area contributed by atoms with Crippen LogP contribution in [0.3, 0.4) is 0 Å². The number of hydrogen-bond acceptors (Lipinski definition) is 3. The molecule has 5 nitrogen and oxygen atoms in total. The molecule has 19 heavy (non-hydrogen) atoms. The highest BCUT2D eigenvalue weighted by molar-refractivity contribution is 6.22. The number of carbonyl (C=O) groups excluding carboxylic acids is 2. The molecule has 1 aromatic carbocycles. The highest BCUT2D eigenvalue weighted by Gasteiger charge is 2.43. The standard InChI is InChI=1S/C12H9F2NO4/c13-9(14)5-8(12(18)19)15-10(16)6-3-1-2-4-7(6)11(15)17/h1-4,8-9H,5H2,(H,18,19). The van der Waals surface area contributed by atoms with Gasteiger partial charge in [-0.3, -0.25) is 14.5 Å². The molecule has 2 rings (SSSR count). The van der Waals surface area contributed by atoms with Crippen LogP contribution in [0.15, 0.2) is 24.3 Å². The molecule has 0 saturated heterocycles. The summed E-state index contributed by atoms with van der Waals surface area (Å²) < 4.78 is 24.7. The number of aliphatic carboxylic acids is 1. The minimum atomic E-state index is -2.93. The fraction of sp³-hybridized carbons (Fsp3) is 0.250. The molecule has 100 valence electrons. The molecule has 0 radical (unpaired) electrons. The van der Waals surface area contributed by atoms with E-state index in [0.29, 0.717) is 4.90 Å². The van der Waals surface area contributed by atoms with Gasteiger partial charge in [-0.05, 0) is 12.1 Å². The Bertz CT molecular complexity index is 523. The SMILES string of the molecule is O=C(O)C(CC(F)F)N1C(=O)c2ccccc2C1=O. The summed E-state index contributed by atoms with van der Waals surface area (Å²) in [5.41, 5.74) is 0.0704. The monoisotopic (exact) mass is 269 g/mol. The Morgan fingerprint density at radius 1 is 1.16 bits per heavy atom. The quantitative estimate of drug-likeness (QED) is 0.838. The smallest absolute Gasteiger partial charge is 0.327 e. The van der Waals surface area contributed by atoms with Crippen LogP contribution in [-0.2, 0) is 4.79 Å². The lowest BCUT2D eigenvalue weighted by molar-refractivity contribution is -0.143. The summed E-state index contributed by atoms with van der Waals surface area (Å²) in [6.07, 6.45) is -4.01. The molecule has 1 aliphatic rings. The molecule has 0 bridgehead atoms. The minimum Gasteiger partial charge on any atom is -0.480 e. The molecule has 1 atom stereocenters. The number of imide groups is 1. The molecule has 1 unspecified atom stereocenters. The van der Waals surface area contributed by atoms with Gasteiger partial charge in [0, 0.05) is 6.42 Å². The van der Waals surface area contributed by atoms with Crippen molar-refractivity contribution in [3.05, 3.63) is 35.4 Å². The van der Waals surface area contributed by atoms with Crippen LogP contribution in [-0.4, -0.2) is 40.3 Å². The van der Waals surface area contributed by atoms with E-state index < -0.39 is 36.7 Å². The van der Waals surface area contributed by atoms with Crippen molar-refractivity contribution in [1.29, 1.82) is 0 Å². The maximum Gasteiger partial charge on any atom is 0.327 e. The lowest BCUT2D eigenvalue weighted by Crippen LogP contribution is -2.45. The molecule has 1 heterocycles. The van der Waals surface area contributed by atoms with Gasteiger partial charge in [-0.15, -0.1) is 0 Å². The number of alkyl halides is 2. The van der Waals surface area contributed by atoms with Gasteiger partial charge in [0.05, 0.1) is 11.1 Å². The molecule has 0 saturated carbocycles. The number of carboxylic acid groups (broad SMARTS) is 1. The van der Waals surface area contributed by atoms with Crippen LogP contribution >= 0.6 is 0 Å². The first kappa shape index (κ1) is 13.1. The van der Waals surface area contributed by atoms with E-state index in [1.807, 2.05) is 0 Å². The van der Waals surface area contributed by atoms with Crippen LogP contribution in [0, 0.1) is 0 Å². The van der Waals surface area contributed by atoms with E-state index in [0.717, 1.165) is 0 Å². The average molecular weight is 269 g/mol. The van der Waals surface area contributed by atoms with Crippen molar-refractivity contribution in [3.8, 4) is 0 Å². The van der Waals surface area contributed by atoms with Crippen molar-refractivity contribution in [2.24, 2.45) is 0 Å². The van der Waals surface area contributed by atoms with Crippen molar-refractivity contribution < 1.29 is 28.3 Å². The summed E-state index contributed by atoms with van der Waals surface area (Å²) in [7, 11) is 0. The van der Waals surface area contributed by atoms with Gasteiger partial charge in [0.2, 0.25) is 6.43 Å². The normalized spacial score (nSPS) is 15.8. The number of carbonyl (C=O) groups is 3. The summed E-state index contributed by atoms with van der Waals surface area (Å²) in [6.45, 7) is 0. The Kier molecular flexibility index (Phi) is 3.28. The molecule has 1 aromatic rings.